The molecular weight excluding hydrogens is 382 g/mol. The summed E-state index contributed by atoms with van der Waals surface area (Å²) in [6.07, 6.45) is 0. The van der Waals surface area contributed by atoms with Gasteiger partial charge in [0.05, 0.1) is 11.0 Å². The number of nitrogens with zero attached hydrogens (tertiary/aromatic N) is 1. The molecule has 0 amide bonds. The van der Waals surface area contributed by atoms with Gasteiger partial charge in [0.2, 0.25) is 0 Å². The number of hydrogen-bond acceptors (Lipinski definition) is 0. The van der Waals surface area contributed by atoms with Crippen LogP contribution in [0.3, 0.4) is 0 Å². The molecule has 5 aromatic rings. The Kier molecular flexibility index (Phi) is 3.65. The molecule has 0 radical (unpaired) electrons. The Morgan fingerprint density at radius 2 is 1.35 bits per heavy atom. The molecule has 26 heavy (non-hydrogen) atoms. The molecule has 0 N–H and O–H groups in total. The standard InChI is InChI=1S/C24H16BrN/c25-18-14-15-21-23(16-18)26(19-10-5-2-6-11-19)22-13-7-12-20(24(21)22)17-8-3-1-4-9-17/h1-16H. The van der Waals surface area contributed by atoms with Gasteiger partial charge in [-0.2, -0.15) is 0 Å². The molecule has 124 valence electrons. The first-order chi connectivity index (χ1) is 12.8. The predicted molar refractivity (Wildman–Crippen MR) is 114 cm³/mol. The van der Waals surface area contributed by atoms with Crippen LogP contribution in [-0.2, 0) is 0 Å². The number of benzene rings is 4. The van der Waals surface area contributed by atoms with Crippen LogP contribution < -0.4 is 0 Å². The van der Waals surface area contributed by atoms with Crippen LogP contribution in [0, 0.1) is 0 Å². The number of fused-ring (bicyclic) bond motifs is 3. The van der Waals surface area contributed by atoms with Crippen molar-refractivity contribution in [3.8, 4) is 16.8 Å². The van der Waals surface area contributed by atoms with Gasteiger partial charge in [0.25, 0.3) is 0 Å². The van der Waals surface area contributed by atoms with E-state index < -0.39 is 0 Å². The Morgan fingerprint density at radius 1 is 0.615 bits per heavy atom. The van der Waals surface area contributed by atoms with E-state index >= 15 is 0 Å². The van der Waals surface area contributed by atoms with Gasteiger partial charge in [-0.25, -0.2) is 0 Å². The minimum Gasteiger partial charge on any atom is -0.309 e. The second kappa shape index (κ2) is 6.15. The molecule has 0 unspecified atom stereocenters. The van der Waals surface area contributed by atoms with E-state index in [1.54, 1.807) is 0 Å². The zero-order valence-electron chi connectivity index (χ0n) is 14.1. The third-order valence-corrected chi connectivity index (χ3v) is 5.35. The molecule has 0 saturated heterocycles. The van der Waals surface area contributed by atoms with Gasteiger partial charge < -0.3 is 4.57 Å². The molecule has 0 aliphatic rings. The van der Waals surface area contributed by atoms with Crippen molar-refractivity contribution in [2.75, 3.05) is 0 Å². The first-order valence-corrected chi connectivity index (χ1v) is 9.46. The topological polar surface area (TPSA) is 4.93 Å². The van der Waals surface area contributed by atoms with Crippen LogP contribution >= 0.6 is 15.9 Å². The lowest BCUT2D eigenvalue weighted by atomic mass is 9.99. The maximum absolute atomic E-state index is 3.65. The second-order valence-electron chi connectivity index (χ2n) is 6.40. The maximum Gasteiger partial charge on any atom is 0.0552 e. The molecule has 1 aromatic heterocycles. The Labute approximate surface area is 160 Å². The highest BCUT2D eigenvalue weighted by atomic mass is 79.9. The van der Waals surface area contributed by atoms with Gasteiger partial charge in [-0.1, -0.05) is 82.7 Å². The number of aromatic nitrogens is 1. The lowest BCUT2D eigenvalue weighted by Gasteiger charge is -2.08. The smallest absolute Gasteiger partial charge is 0.0552 e. The fourth-order valence-electron chi connectivity index (χ4n) is 3.75. The molecule has 5 rings (SSSR count). The van der Waals surface area contributed by atoms with Gasteiger partial charge in [0.15, 0.2) is 0 Å². The highest BCUT2D eigenvalue weighted by Crippen LogP contribution is 2.39. The SMILES string of the molecule is Brc1ccc2c3c(-c4ccccc4)cccc3n(-c3ccccc3)c2c1. The Hall–Kier alpha value is -2.84. The largest absolute Gasteiger partial charge is 0.309 e. The second-order valence-corrected chi connectivity index (χ2v) is 7.31. The molecule has 2 heteroatoms. The van der Waals surface area contributed by atoms with Crippen LogP contribution in [0.1, 0.15) is 0 Å². The van der Waals surface area contributed by atoms with Crippen molar-refractivity contribution < 1.29 is 0 Å². The van der Waals surface area contributed by atoms with Crippen molar-refractivity contribution in [1.29, 1.82) is 0 Å². The van der Waals surface area contributed by atoms with Crippen molar-refractivity contribution in [2.45, 2.75) is 0 Å². The van der Waals surface area contributed by atoms with Crippen molar-refractivity contribution in [1.82, 2.24) is 4.57 Å². The van der Waals surface area contributed by atoms with E-state index in [2.05, 4.69) is 118 Å². The van der Waals surface area contributed by atoms with Gasteiger partial charge >= 0.3 is 0 Å². The number of rotatable bonds is 2. The molecule has 1 heterocycles. The number of hydrogen-bond donors (Lipinski definition) is 0. The summed E-state index contributed by atoms with van der Waals surface area (Å²) < 4.78 is 3.44. The minimum atomic E-state index is 1.09. The van der Waals surface area contributed by atoms with Crippen molar-refractivity contribution in [3.05, 3.63) is 102 Å². The predicted octanol–water partition coefficient (Wildman–Crippen LogP) is 7.21. The van der Waals surface area contributed by atoms with Crippen molar-refractivity contribution >= 4 is 37.7 Å². The van der Waals surface area contributed by atoms with E-state index in [-0.39, 0.29) is 0 Å². The molecule has 0 fully saturated rings. The molecule has 0 bridgehead atoms. The summed E-state index contributed by atoms with van der Waals surface area (Å²) >= 11 is 3.65. The lowest BCUT2D eigenvalue weighted by molar-refractivity contribution is 1.18. The van der Waals surface area contributed by atoms with Crippen LogP contribution in [0.4, 0.5) is 0 Å². The molecule has 0 atom stereocenters. The number of halogens is 1. The van der Waals surface area contributed by atoms with Crippen LogP contribution in [0.15, 0.2) is 102 Å². The molecule has 0 saturated carbocycles. The molecule has 4 aromatic carbocycles. The fourth-order valence-corrected chi connectivity index (χ4v) is 4.10. The van der Waals surface area contributed by atoms with Gasteiger partial charge in [-0.05, 0) is 41.5 Å². The van der Waals surface area contributed by atoms with Gasteiger partial charge in [-0.3, -0.25) is 0 Å². The quantitative estimate of drug-likeness (QED) is 0.296. The molecule has 0 aliphatic heterocycles. The van der Waals surface area contributed by atoms with Crippen LogP contribution in [0.2, 0.25) is 0 Å². The monoisotopic (exact) mass is 397 g/mol. The highest BCUT2D eigenvalue weighted by molar-refractivity contribution is 9.10. The third-order valence-electron chi connectivity index (χ3n) is 4.85. The van der Waals surface area contributed by atoms with Crippen molar-refractivity contribution in [3.63, 3.8) is 0 Å². The molecule has 0 aliphatic carbocycles. The molecular formula is C24H16BrN. The van der Waals surface area contributed by atoms with Crippen LogP contribution in [0.5, 0.6) is 0 Å². The summed E-state index contributed by atoms with van der Waals surface area (Å²) in [6.45, 7) is 0. The van der Waals surface area contributed by atoms with E-state index in [1.807, 2.05) is 0 Å². The van der Waals surface area contributed by atoms with E-state index in [4.69, 9.17) is 0 Å². The Bertz CT molecular complexity index is 1220. The first-order valence-electron chi connectivity index (χ1n) is 8.66. The summed E-state index contributed by atoms with van der Waals surface area (Å²) in [5.41, 5.74) is 6.13. The maximum atomic E-state index is 3.65. The van der Waals surface area contributed by atoms with Gasteiger partial charge in [-0.15, -0.1) is 0 Å². The highest BCUT2D eigenvalue weighted by Gasteiger charge is 2.15. The van der Waals surface area contributed by atoms with Crippen molar-refractivity contribution in [2.24, 2.45) is 0 Å². The normalized spacial score (nSPS) is 11.3. The summed E-state index contributed by atoms with van der Waals surface area (Å²) in [4.78, 5) is 0. The number of para-hydroxylation sites is 1. The average molecular weight is 398 g/mol. The molecule has 0 spiro atoms. The summed E-state index contributed by atoms with van der Waals surface area (Å²) in [5.74, 6) is 0. The Balaban J connectivity index is 1.97. The van der Waals surface area contributed by atoms with Crippen LogP contribution in [0.25, 0.3) is 38.6 Å². The summed E-state index contributed by atoms with van der Waals surface area (Å²) in [7, 11) is 0. The van der Waals surface area contributed by atoms with Gasteiger partial charge in [0.1, 0.15) is 0 Å². The van der Waals surface area contributed by atoms with Gasteiger partial charge in [0, 0.05) is 20.9 Å². The fraction of sp³-hybridized carbons (Fsp3) is 0. The molecule has 1 nitrogen and oxygen atoms in total. The van der Waals surface area contributed by atoms with E-state index in [0.29, 0.717) is 0 Å². The first kappa shape index (κ1) is 15.4. The zero-order chi connectivity index (χ0) is 17.5. The third kappa shape index (κ3) is 2.38. The minimum absolute atomic E-state index is 1.09. The zero-order valence-corrected chi connectivity index (χ0v) is 15.6. The van der Waals surface area contributed by atoms with E-state index in [9.17, 15) is 0 Å². The summed E-state index contributed by atoms with van der Waals surface area (Å²) in [5, 5.41) is 2.57. The Morgan fingerprint density at radius 3 is 2.12 bits per heavy atom. The average Bonchev–Trinajstić information content (AvgIpc) is 3.02. The van der Waals surface area contributed by atoms with E-state index in [1.165, 1.54) is 38.6 Å². The summed E-state index contributed by atoms with van der Waals surface area (Å²) in [6, 6.07) is 34.3. The van der Waals surface area contributed by atoms with Crippen LogP contribution in [-0.4, -0.2) is 4.57 Å². The lowest BCUT2D eigenvalue weighted by Crippen LogP contribution is -1.93. The van der Waals surface area contributed by atoms with E-state index in [0.717, 1.165) is 4.47 Å².